The molecule has 0 aliphatic heterocycles. The first-order chi connectivity index (χ1) is 7.70. The molecular formula is C11H12BrNO2S. The Labute approximate surface area is 108 Å². The first kappa shape index (κ1) is 13.5. The zero-order valence-corrected chi connectivity index (χ0v) is 10.9. The molecule has 2 unspecified atom stereocenters. The molecule has 0 saturated carbocycles. The monoisotopic (exact) mass is 301 g/mol. The van der Waals surface area contributed by atoms with Gasteiger partial charge < -0.3 is 10.2 Å². The van der Waals surface area contributed by atoms with E-state index >= 15 is 0 Å². The van der Waals surface area contributed by atoms with Crippen molar-refractivity contribution in [3.05, 3.63) is 29.8 Å². The molecule has 1 rings (SSSR count). The minimum Gasteiger partial charge on any atom is -0.390 e. The Balaban J connectivity index is 2.97. The van der Waals surface area contributed by atoms with Gasteiger partial charge in [-0.25, -0.2) is 0 Å². The molecule has 3 nitrogen and oxygen atoms in total. The summed E-state index contributed by atoms with van der Waals surface area (Å²) in [5, 5.41) is 22.5. The number of aliphatic hydroxyl groups excluding tert-OH is 2. The minimum absolute atomic E-state index is 0.469. The average Bonchev–Trinajstić information content (AvgIpc) is 2.29. The lowest BCUT2D eigenvalue weighted by molar-refractivity contribution is 0.0177. The van der Waals surface area contributed by atoms with E-state index in [1.165, 1.54) is 0 Å². The predicted molar refractivity (Wildman–Crippen MR) is 70.5 cm³/mol. The van der Waals surface area contributed by atoms with Crippen LogP contribution in [0, 0.1) is 0 Å². The average molecular weight is 302 g/mol. The highest BCUT2D eigenvalue weighted by molar-refractivity contribution is 9.09. The number of aliphatic imine (C=N–C) groups is 1. The van der Waals surface area contributed by atoms with Crippen molar-refractivity contribution >= 4 is 39.0 Å². The zero-order valence-electron chi connectivity index (χ0n) is 8.51. The van der Waals surface area contributed by atoms with Crippen LogP contribution in [0.5, 0.6) is 0 Å². The van der Waals surface area contributed by atoms with Crippen LogP contribution in [-0.2, 0) is 0 Å². The number of halogens is 1. The number of benzene rings is 1. The highest BCUT2D eigenvalue weighted by atomic mass is 79.9. The Morgan fingerprint density at radius 2 is 2.06 bits per heavy atom. The Kier molecular flexibility index (Phi) is 5.80. The van der Waals surface area contributed by atoms with Gasteiger partial charge in [0.05, 0.1) is 17.0 Å². The quantitative estimate of drug-likeness (QED) is 0.499. The third-order valence-electron chi connectivity index (χ3n) is 2.19. The molecule has 2 N–H and O–H groups in total. The number of isothiocyanates is 1. The fourth-order valence-electron chi connectivity index (χ4n) is 1.37. The summed E-state index contributed by atoms with van der Waals surface area (Å²) in [4.78, 5) is 3.85. The van der Waals surface area contributed by atoms with Gasteiger partial charge >= 0.3 is 0 Å². The molecule has 0 spiro atoms. The number of rotatable bonds is 5. The predicted octanol–water partition coefficient (Wildman–Crippen LogP) is 2.60. The molecule has 1 aromatic rings. The largest absolute Gasteiger partial charge is 0.390 e. The molecule has 16 heavy (non-hydrogen) atoms. The molecule has 0 amide bonds. The second-order valence-corrected chi connectivity index (χ2v) is 4.23. The maximum absolute atomic E-state index is 9.93. The van der Waals surface area contributed by atoms with Crippen LogP contribution in [0.15, 0.2) is 29.3 Å². The van der Waals surface area contributed by atoms with Crippen LogP contribution >= 0.6 is 28.1 Å². The van der Waals surface area contributed by atoms with E-state index in [0.29, 0.717) is 23.0 Å². The van der Waals surface area contributed by atoms with Crippen molar-refractivity contribution in [1.82, 2.24) is 0 Å². The van der Waals surface area contributed by atoms with Crippen molar-refractivity contribution in [3.8, 4) is 0 Å². The van der Waals surface area contributed by atoms with E-state index in [1.807, 2.05) is 0 Å². The molecule has 0 bridgehead atoms. The molecule has 2 atom stereocenters. The van der Waals surface area contributed by atoms with E-state index < -0.39 is 12.2 Å². The maximum Gasteiger partial charge on any atom is 0.107 e. The first-order valence-electron chi connectivity index (χ1n) is 4.79. The van der Waals surface area contributed by atoms with E-state index in [-0.39, 0.29) is 0 Å². The van der Waals surface area contributed by atoms with Gasteiger partial charge in [-0.05, 0) is 24.7 Å². The van der Waals surface area contributed by atoms with E-state index in [4.69, 9.17) is 0 Å². The standard InChI is InChI=1S/C11H12BrNO2S/c12-6-5-10(14)11(15)8-3-1-2-4-9(8)13-7-16/h1-4,10-11,14-15H,5-6H2. The molecular weight excluding hydrogens is 290 g/mol. The lowest BCUT2D eigenvalue weighted by atomic mass is 10.0. The summed E-state index contributed by atoms with van der Waals surface area (Å²) >= 11 is 7.75. The van der Waals surface area contributed by atoms with Crippen molar-refractivity contribution in [2.24, 2.45) is 4.99 Å². The van der Waals surface area contributed by atoms with Crippen molar-refractivity contribution in [1.29, 1.82) is 0 Å². The summed E-state index contributed by atoms with van der Waals surface area (Å²) in [6.45, 7) is 0. The van der Waals surface area contributed by atoms with Gasteiger partial charge in [-0.15, -0.1) is 0 Å². The third-order valence-corrected chi connectivity index (χ3v) is 2.74. The maximum atomic E-state index is 9.93. The molecule has 0 aliphatic rings. The van der Waals surface area contributed by atoms with Gasteiger partial charge in [-0.3, -0.25) is 0 Å². The molecule has 0 aliphatic carbocycles. The molecule has 0 fully saturated rings. The fraction of sp³-hybridized carbons (Fsp3) is 0.364. The fourth-order valence-corrected chi connectivity index (χ4v) is 1.93. The van der Waals surface area contributed by atoms with Gasteiger partial charge in [-0.2, -0.15) is 4.99 Å². The Bertz CT molecular complexity index is 393. The second kappa shape index (κ2) is 6.89. The van der Waals surface area contributed by atoms with Gasteiger partial charge in [0.15, 0.2) is 0 Å². The van der Waals surface area contributed by atoms with E-state index in [1.54, 1.807) is 24.3 Å². The topological polar surface area (TPSA) is 52.8 Å². The number of alkyl halides is 1. The van der Waals surface area contributed by atoms with Gasteiger partial charge in [0.25, 0.3) is 0 Å². The van der Waals surface area contributed by atoms with Crippen molar-refractivity contribution in [3.63, 3.8) is 0 Å². The summed E-state index contributed by atoms with van der Waals surface area (Å²) in [5.74, 6) is 0. The number of nitrogens with zero attached hydrogens (tertiary/aromatic N) is 1. The normalized spacial score (nSPS) is 13.9. The van der Waals surface area contributed by atoms with Gasteiger partial charge in [0.2, 0.25) is 0 Å². The number of hydrogen-bond donors (Lipinski definition) is 2. The van der Waals surface area contributed by atoms with Gasteiger partial charge in [-0.1, -0.05) is 34.1 Å². The highest BCUT2D eigenvalue weighted by Crippen LogP contribution is 2.28. The van der Waals surface area contributed by atoms with Crippen LogP contribution in [-0.4, -0.2) is 26.8 Å². The highest BCUT2D eigenvalue weighted by Gasteiger charge is 2.20. The summed E-state index contributed by atoms with van der Waals surface area (Å²) in [7, 11) is 0. The molecule has 0 saturated heterocycles. The number of aliphatic hydroxyl groups is 2. The van der Waals surface area contributed by atoms with Crippen LogP contribution in [0.1, 0.15) is 18.1 Å². The van der Waals surface area contributed by atoms with Gasteiger partial charge in [0.1, 0.15) is 6.10 Å². The summed E-state index contributed by atoms with van der Waals surface area (Å²) in [6, 6.07) is 7.01. The SMILES string of the molecule is OC(CCBr)C(O)c1ccccc1N=C=S. The molecule has 0 heterocycles. The molecule has 5 heteroatoms. The van der Waals surface area contributed by atoms with Crippen molar-refractivity contribution < 1.29 is 10.2 Å². The second-order valence-electron chi connectivity index (χ2n) is 3.25. The van der Waals surface area contributed by atoms with E-state index in [0.717, 1.165) is 0 Å². The minimum atomic E-state index is -0.958. The molecule has 0 radical (unpaired) electrons. The lowest BCUT2D eigenvalue weighted by Crippen LogP contribution is -2.18. The molecule has 0 aromatic heterocycles. The van der Waals surface area contributed by atoms with Crippen molar-refractivity contribution in [2.45, 2.75) is 18.6 Å². The van der Waals surface area contributed by atoms with Crippen molar-refractivity contribution in [2.75, 3.05) is 5.33 Å². The summed E-state index contributed by atoms with van der Waals surface area (Å²) in [6.07, 6.45) is -1.31. The first-order valence-corrected chi connectivity index (χ1v) is 6.32. The van der Waals surface area contributed by atoms with E-state index in [9.17, 15) is 10.2 Å². The van der Waals surface area contributed by atoms with E-state index in [2.05, 4.69) is 38.3 Å². The van der Waals surface area contributed by atoms with Crippen LogP contribution in [0.3, 0.4) is 0 Å². The third kappa shape index (κ3) is 3.47. The summed E-state index contributed by atoms with van der Waals surface area (Å²) < 4.78 is 0. The van der Waals surface area contributed by atoms with Crippen LogP contribution in [0.2, 0.25) is 0 Å². The number of para-hydroxylation sites is 1. The number of thiocarbonyl (C=S) groups is 1. The van der Waals surface area contributed by atoms with Crippen LogP contribution in [0.25, 0.3) is 0 Å². The lowest BCUT2D eigenvalue weighted by Gasteiger charge is -2.18. The number of hydrogen-bond acceptors (Lipinski definition) is 4. The Morgan fingerprint density at radius 3 is 2.69 bits per heavy atom. The van der Waals surface area contributed by atoms with Crippen LogP contribution < -0.4 is 0 Å². The molecule has 86 valence electrons. The zero-order chi connectivity index (χ0) is 12.0. The Morgan fingerprint density at radius 1 is 1.38 bits per heavy atom. The van der Waals surface area contributed by atoms with Crippen LogP contribution in [0.4, 0.5) is 5.69 Å². The Hall–Kier alpha value is -0.580. The summed E-state index contributed by atoms with van der Waals surface area (Å²) in [5.41, 5.74) is 1.10. The molecule has 1 aromatic carbocycles. The van der Waals surface area contributed by atoms with Gasteiger partial charge in [0, 0.05) is 10.9 Å². The smallest absolute Gasteiger partial charge is 0.107 e.